The second-order valence-electron chi connectivity index (χ2n) is 6.01. The van der Waals surface area contributed by atoms with Gasteiger partial charge in [-0.1, -0.05) is 41.4 Å². The first-order valence-electron chi connectivity index (χ1n) is 7.91. The van der Waals surface area contributed by atoms with Crippen molar-refractivity contribution in [1.29, 1.82) is 0 Å². The summed E-state index contributed by atoms with van der Waals surface area (Å²) >= 11 is 17.8. The molecule has 0 N–H and O–H groups in total. The first-order chi connectivity index (χ1) is 13.0. The molecule has 1 aliphatic heterocycles. The molecule has 138 valence electrons. The summed E-state index contributed by atoms with van der Waals surface area (Å²) in [5, 5.41) is 5.01. The van der Waals surface area contributed by atoms with Gasteiger partial charge in [0.2, 0.25) is 0 Å². The maximum atomic E-state index is 13.4. The highest BCUT2D eigenvalue weighted by molar-refractivity contribution is 7.79. The normalized spacial score (nSPS) is 21.7. The highest BCUT2D eigenvalue weighted by atomic mass is 35.5. The summed E-state index contributed by atoms with van der Waals surface area (Å²) in [6.07, 6.45) is 2.30. The minimum absolute atomic E-state index is 0.0320. The zero-order chi connectivity index (χ0) is 19.0. The molecule has 2 heterocycles. The molecule has 1 aliphatic rings. The molecular formula is C18H12Cl2FN3O2S. The smallest absolute Gasteiger partial charge is 0.354 e. The predicted octanol–water partition coefficient (Wildman–Crippen LogP) is 4.69. The maximum Gasteiger partial charge on any atom is 0.354 e. The van der Waals surface area contributed by atoms with Gasteiger partial charge in [-0.25, -0.2) is 14.1 Å². The van der Waals surface area contributed by atoms with Crippen molar-refractivity contribution in [3.8, 4) is 0 Å². The van der Waals surface area contributed by atoms with Crippen LogP contribution in [0.1, 0.15) is 17.2 Å². The molecule has 0 spiro atoms. The van der Waals surface area contributed by atoms with E-state index < -0.39 is 11.7 Å². The fourth-order valence-electron chi connectivity index (χ4n) is 3.18. The van der Waals surface area contributed by atoms with Crippen LogP contribution in [-0.2, 0) is 21.6 Å². The zero-order valence-electron chi connectivity index (χ0n) is 13.7. The second kappa shape index (κ2) is 7.07. The molecule has 4 rings (SSSR count). The van der Waals surface area contributed by atoms with E-state index >= 15 is 0 Å². The first-order valence-corrected chi connectivity index (χ1v) is 9.07. The van der Waals surface area contributed by atoms with Crippen molar-refractivity contribution in [1.82, 2.24) is 14.8 Å². The van der Waals surface area contributed by atoms with Crippen molar-refractivity contribution in [2.45, 2.75) is 18.2 Å². The van der Waals surface area contributed by atoms with Crippen LogP contribution >= 0.6 is 35.4 Å². The number of thiocarbonyl (C=S) groups is 1. The minimum atomic E-state index is -1.13. The van der Waals surface area contributed by atoms with Gasteiger partial charge in [0.1, 0.15) is 18.5 Å². The molecule has 0 aliphatic carbocycles. The van der Waals surface area contributed by atoms with Crippen LogP contribution in [0.2, 0.25) is 10.0 Å². The topological polar surface area (TPSA) is 49.2 Å². The number of aromatic nitrogens is 3. The molecule has 0 saturated carbocycles. The van der Waals surface area contributed by atoms with Crippen molar-refractivity contribution < 1.29 is 13.9 Å². The Morgan fingerprint density at radius 2 is 1.96 bits per heavy atom. The van der Waals surface area contributed by atoms with Gasteiger partial charge in [-0.2, -0.15) is 5.10 Å². The van der Waals surface area contributed by atoms with Gasteiger partial charge in [0.05, 0.1) is 6.54 Å². The largest absolute Gasteiger partial charge is 0.444 e. The molecule has 1 fully saturated rings. The zero-order valence-corrected chi connectivity index (χ0v) is 16.0. The lowest BCUT2D eigenvalue weighted by Crippen LogP contribution is -2.37. The van der Waals surface area contributed by atoms with Crippen LogP contribution in [0.25, 0.3) is 0 Å². The van der Waals surface area contributed by atoms with Gasteiger partial charge in [-0.15, -0.1) is 0 Å². The Labute approximate surface area is 169 Å². The van der Waals surface area contributed by atoms with Crippen molar-refractivity contribution >= 4 is 40.7 Å². The van der Waals surface area contributed by atoms with Gasteiger partial charge in [0.15, 0.2) is 11.7 Å². The highest BCUT2D eigenvalue weighted by Gasteiger charge is 2.53. The van der Waals surface area contributed by atoms with Crippen molar-refractivity contribution in [3.63, 3.8) is 0 Å². The number of hydrogen-bond acceptors (Lipinski definition) is 5. The van der Waals surface area contributed by atoms with Gasteiger partial charge in [0.25, 0.3) is 0 Å². The summed E-state index contributed by atoms with van der Waals surface area (Å²) in [5.74, 6) is -0.355. The van der Waals surface area contributed by atoms with Crippen LogP contribution in [0, 0.1) is 5.82 Å². The quantitative estimate of drug-likeness (QED) is 0.569. The summed E-state index contributed by atoms with van der Waals surface area (Å²) in [4.78, 5) is 3.97. The Balaban J connectivity index is 1.89. The summed E-state index contributed by atoms with van der Waals surface area (Å²) in [6.45, 7) is 0.219. The first kappa shape index (κ1) is 18.2. The number of nitrogens with zero attached hydrogens (tertiary/aromatic N) is 3. The van der Waals surface area contributed by atoms with E-state index in [0.717, 1.165) is 0 Å². The third kappa shape index (κ3) is 3.38. The molecule has 2 atom stereocenters. The highest BCUT2D eigenvalue weighted by Crippen LogP contribution is 2.50. The Hall–Kier alpha value is -2.22. The standard InChI is InChI=1S/C18H12Cl2FN3O2S/c19-12-3-6-14(15(20)7-12)18(8-24-10-22-9-23-24)16(25-17(27)26-18)11-1-4-13(21)5-2-11/h1-7,9-10,16H,8H2/t16-,18-/m1/s1. The number of halogens is 3. The Morgan fingerprint density at radius 3 is 2.63 bits per heavy atom. The number of ether oxygens (including phenoxy) is 2. The van der Waals surface area contributed by atoms with Crippen molar-refractivity contribution in [2.75, 3.05) is 0 Å². The maximum absolute atomic E-state index is 13.4. The van der Waals surface area contributed by atoms with Gasteiger partial charge in [-0.3, -0.25) is 0 Å². The fraction of sp³-hybridized carbons (Fsp3) is 0.167. The van der Waals surface area contributed by atoms with E-state index in [0.29, 0.717) is 21.2 Å². The van der Waals surface area contributed by atoms with Gasteiger partial charge in [-0.05, 0) is 29.8 Å². The molecule has 9 heteroatoms. The Morgan fingerprint density at radius 1 is 1.19 bits per heavy atom. The van der Waals surface area contributed by atoms with Crippen LogP contribution in [0.5, 0.6) is 0 Å². The van der Waals surface area contributed by atoms with Gasteiger partial charge in [0, 0.05) is 27.8 Å². The lowest BCUT2D eigenvalue weighted by atomic mass is 9.84. The Bertz CT molecular complexity index is 985. The SMILES string of the molecule is Fc1ccc([C@H]2OC(=S)O[C@]2(Cn2cncn2)c2ccc(Cl)cc2Cl)cc1. The molecule has 0 unspecified atom stereocenters. The average molecular weight is 424 g/mol. The summed E-state index contributed by atoms with van der Waals surface area (Å²) in [6, 6.07) is 11.0. The van der Waals surface area contributed by atoms with E-state index in [-0.39, 0.29) is 17.6 Å². The molecule has 1 aromatic heterocycles. The fourth-order valence-corrected chi connectivity index (χ4v) is 3.99. The van der Waals surface area contributed by atoms with E-state index in [2.05, 4.69) is 10.1 Å². The molecule has 0 amide bonds. The molecule has 0 radical (unpaired) electrons. The van der Waals surface area contributed by atoms with E-state index in [1.54, 1.807) is 41.3 Å². The van der Waals surface area contributed by atoms with Crippen molar-refractivity contribution in [2.24, 2.45) is 0 Å². The predicted molar refractivity (Wildman–Crippen MR) is 102 cm³/mol. The molecule has 0 bridgehead atoms. The summed E-state index contributed by atoms with van der Waals surface area (Å²) in [5.41, 5.74) is 0.171. The lowest BCUT2D eigenvalue weighted by molar-refractivity contribution is 0.00983. The summed E-state index contributed by atoms with van der Waals surface area (Å²) in [7, 11) is 0. The van der Waals surface area contributed by atoms with Gasteiger partial charge < -0.3 is 9.47 Å². The monoisotopic (exact) mass is 423 g/mol. The minimum Gasteiger partial charge on any atom is -0.444 e. The number of rotatable bonds is 4. The van der Waals surface area contributed by atoms with E-state index in [1.807, 2.05) is 0 Å². The van der Waals surface area contributed by atoms with Crippen LogP contribution in [0.15, 0.2) is 55.1 Å². The second-order valence-corrected chi connectivity index (χ2v) is 7.19. The molecule has 3 aromatic rings. The lowest BCUT2D eigenvalue weighted by Gasteiger charge is -2.32. The van der Waals surface area contributed by atoms with Crippen LogP contribution < -0.4 is 0 Å². The molecule has 1 saturated heterocycles. The van der Waals surface area contributed by atoms with Crippen LogP contribution in [0.3, 0.4) is 0 Å². The molecular weight excluding hydrogens is 412 g/mol. The Kier molecular flexibility index (Phi) is 4.75. The van der Waals surface area contributed by atoms with E-state index in [4.69, 9.17) is 44.9 Å². The van der Waals surface area contributed by atoms with Crippen LogP contribution in [0.4, 0.5) is 4.39 Å². The average Bonchev–Trinajstić information content (AvgIpc) is 3.24. The summed E-state index contributed by atoms with van der Waals surface area (Å²) < 4.78 is 26.9. The number of hydrogen-bond donors (Lipinski definition) is 0. The van der Waals surface area contributed by atoms with Crippen molar-refractivity contribution in [3.05, 3.63) is 82.1 Å². The number of benzene rings is 2. The van der Waals surface area contributed by atoms with Crippen LogP contribution in [-0.4, -0.2) is 20.0 Å². The van der Waals surface area contributed by atoms with E-state index in [1.165, 1.54) is 18.5 Å². The third-order valence-corrected chi connectivity index (χ3v) is 5.05. The molecule has 5 nitrogen and oxygen atoms in total. The molecule has 2 aromatic carbocycles. The van der Waals surface area contributed by atoms with E-state index in [9.17, 15) is 4.39 Å². The molecule has 27 heavy (non-hydrogen) atoms. The van der Waals surface area contributed by atoms with Gasteiger partial charge >= 0.3 is 5.24 Å². The third-order valence-electron chi connectivity index (χ3n) is 4.33.